The van der Waals surface area contributed by atoms with E-state index in [1.165, 1.54) is 11.8 Å². The van der Waals surface area contributed by atoms with E-state index >= 15 is 0 Å². The predicted octanol–water partition coefficient (Wildman–Crippen LogP) is 5.74. The van der Waals surface area contributed by atoms with Crippen LogP contribution in [-0.4, -0.2) is 28.9 Å². The van der Waals surface area contributed by atoms with Crippen molar-refractivity contribution in [3.05, 3.63) is 96.4 Å². The molecule has 2 aromatic carbocycles. The second-order valence-corrected chi connectivity index (χ2v) is 10.1. The fraction of sp³-hybridized carbons (Fsp3) is 0.207. The Hall–Kier alpha value is -3.88. The molecule has 4 aromatic rings. The average molecular weight is 513 g/mol. The van der Waals surface area contributed by atoms with Crippen molar-refractivity contribution >= 4 is 29.3 Å². The number of aromatic nitrogens is 1. The zero-order valence-electron chi connectivity index (χ0n) is 20.2. The van der Waals surface area contributed by atoms with Crippen LogP contribution in [0.4, 0.5) is 5.69 Å². The predicted molar refractivity (Wildman–Crippen MR) is 145 cm³/mol. The molecule has 188 valence electrons. The highest BCUT2D eigenvalue weighted by Crippen LogP contribution is 2.29. The van der Waals surface area contributed by atoms with Gasteiger partial charge in [0.15, 0.2) is 5.76 Å². The van der Waals surface area contributed by atoms with Crippen LogP contribution in [0.25, 0.3) is 11.3 Å². The molecule has 1 aliphatic carbocycles. The van der Waals surface area contributed by atoms with Crippen molar-refractivity contribution in [3.8, 4) is 11.3 Å². The van der Waals surface area contributed by atoms with Gasteiger partial charge in [0.25, 0.3) is 11.8 Å². The lowest BCUT2D eigenvalue weighted by Crippen LogP contribution is -2.40. The van der Waals surface area contributed by atoms with Gasteiger partial charge in [-0.3, -0.25) is 9.59 Å². The summed E-state index contributed by atoms with van der Waals surface area (Å²) >= 11 is 1.45. The number of benzene rings is 2. The van der Waals surface area contributed by atoms with Crippen molar-refractivity contribution in [2.45, 2.75) is 47.7 Å². The number of anilines is 1. The van der Waals surface area contributed by atoms with Gasteiger partial charge in [0.1, 0.15) is 10.8 Å². The summed E-state index contributed by atoms with van der Waals surface area (Å²) in [5, 5.41) is 6.62. The Bertz CT molecular complexity index is 1360. The Morgan fingerprint density at radius 2 is 1.62 bits per heavy atom. The van der Waals surface area contributed by atoms with E-state index in [2.05, 4.69) is 15.6 Å². The fourth-order valence-corrected chi connectivity index (χ4v) is 5.20. The van der Waals surface area contributed by atoms with Gasteiger partial charge in [-0.2, -0.15) is 0 Å². The summed E-state index contributed by atoms with van der Waals surface area (Å²) in [6, 6.07) is 24.5. The van der Waals surface area contributed by atoms with E-state index in [4.69, 9.17) is 10.2 Å². The molecular formula is C29H28N4O3S. The molecule has 0 saturated heterocycles. The first-order valence-electron chi connectivity index (χ1n) is 12.3. The molecule has 1 fully saturated rings. The largest absolute Gasteiger partial charge is 0.451 e. The maximum Gasteiger partial charge on any atom is 0.287 e. The zero-order valence-corrected chi connectivity index (χ0v) is 21.0. The van der Waals surface area contributed by atoms with E-state index < -0.39 is 0 Å². The van der Waals surface area contributed by atoms with Crippen molar-refractivity contribution in [2.24, 2.45) is 5.73 Å². The number of carbonyl (C=O) groups is 2. The number of hydrogen-bond donors (Lipinski definition) is 3. The van der Waals surface area contributed by atoms with Crippen molar-refractivity contribution in [3.63, 3.8) is 0 Å². The van der Waals surface area contributed by atoms with Crippen LogP contribution in [-0.2, 0) is 0 Å². The summed E-state index contributed by atoms with van der Waals surface area (Å²) in [5.41, 5.74) is 7.91. The Morgan fingerprint density at radius 1 is 0.865 bits per heavy atom. The molecule has 0 atom stereocenters. The summed E-state index contributed by atoms with van der Waals surface area (Å²) in [5.74, 6) is 0.418. The lowest BCUT2D eigenvalue weighted by molar-refractivity contribution is 0.0898. The lowest BCUT2D eigenvalue weighted by atomic mass is 9.92. The number of nitrogens with zero attached hydrogens (tertiary/aromatic N) is 1. The van der Waals surface area contributed by atoms with Crippen LogP contribution in [0, 0.1) is 0 Å². The third kappa shape index (κ3) is 6.28. The number of nitrogens with one attached hydrogen (secondary N) is 2. The summed E-state index contributed by atoms with van der Waals surface area (Å²) in [6.45, 7) is 0. The van der Waals surface area contributed by atoms with Gasteiger partial charge in [-0.15, -0.1) is 0 Å². The standard InChI is InChI=1S/C29H28N4O3S/c30-20-10-14-22(15-11-20)33-28(35)26-17-16-25(36-26)19-8-12-21(13-9-19)32-27(34)24-7-4-18-31-29(24)37-23-5-2-1-3-6-23/h1-9,12-13,16-18,20,22H,10-11,14-15,30H2,(H,32,34)(H,33,35). The van der Waals surface area contributed by atoms with E-state index in [9.17, 15) is 9.59 Å². The van der Waals surface area contributed by atoms with Gasteiger partial charge in [0, 0.05) is 34.4 Å². The molecule has 2 amide bonds. The molecule has 0 spiro atoms. The molecule has 4 N–H and O–H groups in total. The van der Waals surface area contributed by atoms with Gasteiger partial charge in [0.05, 0.1) is 5.56 Å². The molecule has 7 nitrogen and oxygen atoms in total. The summed E-state index contributed by atoms with van der Waals surface area (Å²) in [7, 11) is 0. The topological polar surface area (TPSA) is 110 Å². The molecule has 0 radical (unpaired) electrons. The molecule has 0 bridgehead atoms. The van der Waals surface area contributed by atoms with Crippen LogP contribution >= 0.6 is 11.8 Å². The molecule has 1 saturated carbocycles. The fourth-order valence-electron chi connectivity index (χ4n) is 4.30. The molecule has 2 heterocycles. The lowest BCUT2D eigenvalue weighted by Gasteiger charge is -2.26. The summed E-state index contributed by atoms with van der Waals surface area (Å²) in [4.78, 5) is 31.0. The van der Waals surface area contributed by atoms with Crippen molar-refractivity contribution in [1.29, 1.82) is 0 Å². The van der Waals surface area contributed by atoms with Crippen LogP contribution < -0.4 is 16.4 Å². The van der Waals surface area contributed by atoms with Gasteiger partial charge < -0.3 is 20.8 Å². The Balaban J connectivity index is 1.22. The summed E-state index contributed by atoms with van der Waals surface area (Å²) < 4.78 is 5.82. The average Bonchev–Trinajstić information content (AvgIpc) is 3.42. The molecule has 1 aliphatic rings. The van der Waals surface area contributed by atoms with Crippen LogP contribution in [0.3, 0.4) is 0 Å². The Labute approximate surface area is 219 Å². The first-order valence-corrected chi connectivity index (χ1v) is 13.1. The first-order chi connectivity index (χ1) is 18.0. The van der Waals surface area contributed by atoms with Crippen molar-refractivity contribution in [1.82, 2.24) is 10.3 Å². The second-order valence-electron chi connectivity index (χ2n) is 9.05. The smallest absolute Gasteiger partial charge is 0.287 e. The number of pyridine rings is 1. The Morgan fingerprint density at radius 3 is 2.38 bits per heavy atom. The van der Waals surface area contributed by atoms with Gasteiger partial charge in [-0.1, -0.05) is 30.0 Å². The van der Waals surface area contributed by atoms with E-state index in [-0.39, 0.29) is 29.7 Å². The number of nitrogens with two attached hydrogens (primary N) is 1. The van der Waals surface area contributed by atoms with Gasteiger partial charge in [-0.25, -0.2) is 4.98 Å². The molecule has 8 heteroatoms. The van der Waals surface area contributed by atoms with Gasteiger partial charge >= 0.3 is 0 Å². The minimum Gasteiger partial charge on any atom is -0.451 e. The first kappa shape index (κ1) is 24.8. The van der Waals surface area contributed by atoms with Gasteiger partial charge in [-0.05, 0) is 86.3 Å². The van der Waals surface area contributed by atoms with Crippen molar-refractivity contribution < 1.29 is 14.0 Å². The number of amides is 2. The van der Waals surface area contributed by atoms with Crippen LogP contribution in [0.1, 0.15) is 46.6 Å². The van der Waals surface area contributed by atoms with Crippen LogP contribution in [0.15, 0.2) is 99.4 Å². The maximum atomic E-state index is 13.0. The van der Waals surface area contributed by atoms with Crippen molar-refractivity contribution in [2.75, 3.05) is 5.32 Å². The zero-order chi connectivity index (χ0) is 25.6. The molecule has 5 rings (SSSR count). The van der Waals surface area contributed by atoms with Crippen LogP contribution in [0.2, 0.25) is 0 Å². The van der Waals surface area contributed by atoms with E-state index in [1.54, 1.807) is 42.6 Å². The molecule has 2 aromatic heterocycles. The van der Waals surface area contributed by atoms with E-state index in [1.807, 2.05) is 42.5 Å². The monoisotopic (exact) mass is 512 g/mol. The highest BCUT2D eigenvalue weighted by Gasteiger charge is 2.22. The maximum absolute atomic E-state index is 13.0. The molecule has 37 heavy (non-hydrogen) atoms. The number of carbonyl (C=O) groups excluding carboxylic acids is 2. The van der Waals surface area contributed by atoms with E-state index in [0.717, 1.165) is 36.1 Å². The Kier molecular flexibility index (Phi) is 7.67. The highest BCUT2D eigenvalue weighted by molar-refractivity contribution is 7.99. The third-order valence-electron chi connectivity index (χ3n) is 6.34. The van der Waals surface area contributed by atoms with Crippen LogP contribution in [0.5, 0.6) is 0 Å². The second kappa shape index (κ2) is 11.5. The molecule has 0 aliphatic heterocycles. The van der Waals surface area contributed by atoms with Gasteiger partial charge in [0.2, 0.25) is 0 Å². The number of furan rings is 1. The SMILES string of the molecule is NC1CCC(NC(=O)c2ccc(-c3ccc(NC(=O)c4cccnc4Sc4ccccc4)cc3)o2)CC1. The quantitative estimate of drug-likeness (QED) is 0.291. The minimum atomic E-state index is -0.236. The molecule has 0 unspecified atom stereocenters. The molecular weight excluding hydrogens is 484 g/mol. The summed E-state index contributed by atoms with van der Waals surface area (Å²) in [6.07, 6.45) is 5.30. The highest BCUT2D eigenvalue weighted by atomic mass is 32.2. The minimum absolute atomic E-state index is 0.134. The number of rotatable bonds is 7. The third-order valence-corrected chi connectivity index (χ3v) is 7.36. The van der Waals surface area contributed by atoms with E-state index in [0.29, 0.717) is 22.0 Å². The number of hydrogen-bond acceptors (Lipinski definition) is 6. The normalized spacial score (nSPS) is 17.2.